The molecule has 0 saturated heterocycles. The van der Waals surface area contributed by atoms with Gasteiger partial charge in [0.05, 0.1) is 0 Å². The topological polar surface area (TPSA) is 29.1 Å². The molecule has 2 nitrogen and oxygen atoms in total. The van der Waals surface area contributed by atoms with Crippen molar-refractivity contribution in [3.05, 3.63) is 0 Å². The number of carbonyl (C=O) groups excluding carboxylic acids is 1. The summed E-state index contributed by atoms with van der Waals surface area (Å²) in [5.41, 5.74) is 0.181. The highest BCUT2D eigenvalue weighted by molar-refractivity contribution is 6.20. The Morgan fingerprint density at radius 1 is 1.29 bits per heavy atom. The molecule has 0 aromatic heterocycles. The molecule has 2 aliphatic carbocycles. The minimum absolute atomic E-state index is 0.181. The number of rotatable bonds is 3. The van der Waals surface area contributed by atoms with Crippen molar-refractivity contribution in [3.8, 4) is 0 Å². The lowest BCUT2D eigenvalue weighted by atomic mass is 9.81. The molecule has 2 fully saturated rings. The predicted octanol–water partition coefficient (Wildman–Crippen LogP) is 3.34. The average molecular weight is 258 g/mol. The number of alkyl halides is 1. The lowest BCUT2D eigenvalue weighted by Crippen LogP contribution is -2.39. The molecule has 0 spiro atoms. The number of amides is 1. The van der Waals surface area contributed by atoms with E-state index in [2.05, 4.69) is 19.2 Å². The zero-order valence-electron chi connectivity index (χ0n) is 11.0. The van der Waals surface area contributed by atoms with Crippen molar-refractivity contribution in [2.75, 3.05) is 6.54 Å². The maximum atomic E-state index is 12.2. The van der Waals surface area contributed by atoms with Crippen molar-refractivity contribution < 1.29 is 4.79 Å². The van der Waals surface area contributed by atoms with Crippen molar-refractivity contribution in [2.24, 2.45) is 17.3 Å². The van der Waals surface area contributed by atoms with Gasteiger partial charge in [0.25, 0.3) is 0 Å². The number of carbonyl (C=O) groups is 1. The smallest absolute Gasteiger partial charge is 0.223 e. The van der Waals surface area contributed by atoms with E-state index in [1.165, 1.54) is 25.7 Å². The zero-order chi connectivity index (χ0) is 12.5. The van der Waals surface area contributed by atoms with Gasteiger partial charge in [-0.25, -0.2) is 0 Å². The van der Waals surface area contributed by atoms with Crippen molar-refractivity contribution in [2.45, 2.75) is 57.7 Å². The number of hydrogen-bond donors (Lipinski definition) is 1. The molecule has 0 aliphatic heterocycles. The second-order valence-corrected chi connectivity index (χ2v) is 6.95. The van der Waals surface area contributed by atoms with Crippen LogP contribution in [-0.2, 0) is 4.79 Å². The predicted molar refractivity (Wildman–Crippen MR) is 71.1 cm³/mol. The fraction of sp³-hybridized carbons (Fsp3) is 0.929. The summed E-state index contributed by atoms with van der Waals surface area (Å²) >= 11 is 6.23. The van der Waals surface area contributed by atoms with Crippen LogP contribution in [0.15, 0.2) is 0 Å². The second kappa shape index (κ2) is 5.17. The third-order valence-electron chi connectivity index (χ3n) is 4.68. The molecule has 1 amide bonds. The molecule has 17 heavy (non-hydrogen) atoms. The Morgan fingerprint density at radius 2 is 2.06 bits per heavy atom. The first-order valence-corrected chi connectivity index (χ1v) is 7.36. The van der Waals surface area contributed by atoms with Crippen LogP contribution in [0.25, 0.3) is 0 Å². The van der Waals surface area contributed by atoms with Gasteiger partial charge in [0.15, 0.2) is 0 Å². The molecule has 0 heterocycles. The summed E-state index contributed by atoms with van der Waals surface area (Å²) in [5.74, 6) is 0.950. The van der Waals surface area contributed by atoms with Crippen LogP contribution >= 0.6 is 11.6 Å². The third-order valence-corrected chi connectivity index (χ3v) is 5.25. The lowest BCUT2D eigenvalue weighted by Gasteiger charge is -2.26. The van der Waals surface area contributed by atoms with Gasteiger partial charge in [0.2, 0.25) is 5.91 Å². The minimum atomic E-state index is 0.181. The van der Waals surface area contributed by atoms with Gasteiger partial charge in [-0.1, -0.05) is 26.7 Å². The van der Waals surface area contributed by atoms with Gasteiger partial charge in [-0.3, -0.25) is 4.79 Å². The van der Waals surface area contributed by atoms with Gasteiger partial charge in [-0.05, 0) is 37.0 Å². The quantitative estimate of drug-likeness (QED) is 0.772. The highest BCUT2D eigenvalue weighted by Gasteiger charge is 2.39. The van der Waals surface area contributed by atoms with E-state index in [9.17, 15) is 4.79 Å². The molecular formula is C14H24ClNO. The molecule has 3 heteroatoms. The van der Waals surface area contributed by atoms with Gasteiger partial charge in [-0.2, -0.15) is 0 Å². The van der Waals surface area contributed by atoms with Crippen molar-refractivity contribution in [1.82, 2.24) is 5.32 Å². The van der Waals surface area contributed by atoms with E-state index in [0.29, 0.717) is 5.92 Å². The van der Waals surface area contributed by atoms with E-state index in [-0.39, 0.29) is 22.6 Å². The second-order valence-electron chi connectivity index (χ2n) is 6.39. The van der Waals surface area contributed by atoms with Crippen LogP contribution in [0.3, 0.4) is 0 Å². The zero-order valence-corrected chi connectivity index (χ0v) is 11.7. The van der Waals surface area contributed by atoms with Gasteiger partial charge in [-0.15, -0.1) is 11.6 Å². The van der Waals surface area contributed by atoms with E-state index in [1.54, 1.807) is 0 Å². The van der Waals surface area contributed by atoms with Crippen LogP contribution in [-0.4, -0.2) is 17.8 Å². The highest BCUT2D eigenvalue weighted by atomic mass is 35.5. The van der Waals surface area contributed by atoms with Crippen molar-refractivity contribution in [1.29, 1.82) is 0 Å². The molecule has 0 radical (unpaired) electrons. The van der Waals surface area contributed by atoms with Crippen LogP contribution < -0.4 is 5.32 Å². The Hall–Kier alpha value is -0.240. The molecule has 98 valence electrons. The molecule has 0 aromatic carbocycles. The van der Waals surface area contributed by atoms with Crippen LogP contribution in [0.1, 0.15) is 52.4 Å². The summed E-state index contributed by atoms with van der Waals surface area (Å²) in [4.78, 5) is 12.2. The van der Waals surface area contributed by atoms with Gasteiger partial charge < -0.3 is 5.32 Å². The Balaban J connectivity index is 1.81. The highest BCUT2D eigenvalue weighted by Crippen LogP contribution is 2.42. The fourth-order valence-electron chi connectivity index (χ4n) is 3.39. The lowest BCUT2D eigenvalue weighted by molar-refractivity contribution is -0.127. The van der Waals surface area contributed by atoms with E-state index in [1.807, 2.05) is 0 Å². The molecule has 3 atom stereocenters. The van der Waals surface area contributed by atoms with E-state index in [0.717, 1.165) is 19.4 Å². The monoisotopic (exact) mass is 257 g/mol. The summed E-state index contributed by atoms with van der Waals surface area (Å²) in [6, 6.07) is 0. The van der Waals surface area contributed by atoms with Crippen LogP contribution in [0.2, 0.25) is 0 Å². The molecule has 0 aromatic rings. The summed E-state index contributed by atoms with van der Waals surface area (Å²) < 4.78 is 0. The molecule has 2 aliphatic rings. The molecule has 1 N–H and O–H groups in total. The molecular weight excluding hydrogens is 234 g/mol. The number of hydrogen-bond acceptors (Lipinski definition) is 1. The summed E-state index contributed by atoms with van der Waals surface area (Å²) in [7, 11) is 0. The molecule has 0 bridgehead atoms. The first kappa shape index (κ1) is 13.2. The SMILES string of the molecule is CC1(C)CCCC1C(=O)NCC1CCCC1Cl. The van der Waals surface area contributed by atoms with Crippen molar-refractivity contribution >= 4 is 17.5 Å². The Morgan fingerprint density at radius 3 is 2.59 bits per heavy atom. The van der Waals surface area contributed by atoms with Gasteiger partial charge in [0, 0.05) is 17.8 Å². The van der Waals surface area contributed by atoms with E-state index in [4.69, 9.17) is 11.6 Å². The third kappa shape index (κ3) is 2.96. The minimum Gasteiger partial charge on any atom is -0.356 e. The van der Waals surface area contributed by atoms with E-state index < -0.39 is 0 Å². The molecule has 2 rings (SSSR count). The maximum absolute atomic E-state index is 12.2. The Bertz CT molecular complexity index is 290. The first-order valence-electron chi connectivity index (χ1n) is 6.92. The molecule has 2 saturated carbocycles. The largest absolute Gasteiger partial charge is 0.356 e. The normalized spacial score (nSPS) is 36.1. The summed E-state index contributed by atoms with van der Waals surface area (Å²) in [6.07, 6.45) is 6.90. The van der Waals surface area contributed by atoms with Crippen LogP contribution in [0.4, 0.5) is 0 Å². The Kier molecular flexibility index (Phi) is 4.02. The number of halogens is 1. The summed E-state index contributed by atoms with van der Waals surface area (Å²) in [6.45, 7) is 5.20. The van der Waals surface area contributed by atoms with Crippen molar-refractivity contribution in [3.63, 3.8) is 0 Å². The van der Waals surface area contributed by atoms with Crippen LogP contribution in [0.5, 0.6) is 0 Å². The van der Waals surface area contributed by atoms with Gasteiger partial charge >= 0.3 is 0 Å². The van der Waals surface area contributed by atoms with Crippen LogP contribution in [0, 0.1) is 17.3 Å². The fourth-order valence-corrected chi connectivity index (χ4v) is 3.76. The summed E-state index contributed by atoms with van der Waals surface area (Å²) in [5, 5.41) is 3.40. The average Bonchev–Trinajstić information content (AvgIpc) is 2.81. The maximum Gasteiger partial charge on any atom is 0.223 e. The Labute approximate surface area is 109 Å². The van der Waals surface area contributed by atoms with Gasteiger partial charge in [0.1, 0.15) is 0 Å². The standard InChI is InChI=1S/C14H24ClNO/c1-14(2)8-4-6-11(14)13(17)16-9-10-5-3-7-12(10)15/h10-12H,3-9H2,1-2H3,(H,16,17). The molecule has 3 unspecified atom stereocenters. The van der Waals surface area contributed by atoms with E-state index >= 15 is 0 Å². The first-order chi connectivity index (χ1) is 8.00. The number of nitrogens with one attached hydrogen (secondary N) is 1.